The van der Waals surface area contributed by atoms with Gasteiger partial charge in [-0.05, 0) is 67.7 Å². The summed E-state index contributed by atoms with van der Waals surface area (Å²) in [5.74, 6) is 0. The first-order valence-corrected chi connectivity index (χ1v) is 8.49. The Labute approximate surface area is 124 Å². The summed E-state index contributed by atoms with van der Waals surface area (Å²) in [5, 5.41) is 3.63. The van der Waals surface area contributed by atoms with Gasteiger partial charge in [0.2, 0.25) is 0 Å². The zero-order chi connectivity index (χ0) is 14.0. The number of nitrogens with one attached hydrogen (secondary N) is 1. The van der Waals surface area contributed by atoms with Crippen molar-refractivity contribution in [1.82, 2.24) is 5.32 Å². The zero-order valence-corrected chi connectivity index (χ0v) is 13.2. The fourth-order valence-corrected chi connectivity index (χ4v) is 4.39. The first kappa shape index (κ1) is 14.1. The Bertz CT molecular complexity index is 457. The molecule has 0 radical (unpaired) electrons. The molecule has 0 aliphatic heterocycles. The number of likely N-dealkylation sites (N-methyl/N-ethyl adjacent to an activating group) is 1. The fraction of sp³-hybridized carbons (Fsp3) is 0.684. The molecule has 2 aliphatic carbocycles. The number of fused-ring (bicyclic) bond motifs is 1. The van der Waals surface area contributed by atoms with E-state index in [4.69, 9.17) is 0 Å². The van der Waals surface area contributed by atoms with Crippen molar-refractivity contribution in [1.29, 1.82) is 0 Å². The minimum atomic E-state index is 0.492. The van der Waals surface area contributed by atoms with E-state index in [1.54, 1.807) is 11.1 Å². The molecule has 0 amide bonds. The molecule has 1 fully saturated rings. The maximum absolute atomic E-state index is 3.63. The third kappa shape index (κ3) is 2.79. The van der Waals surface area contributed by atoms with Crippen molar-refractivity contribution in [3.8, 4) is 0 Å². The highest BCUT2D eigenvalue weighted by atomic mass is 14.9. The molecule has 110 valence electrons. The molecule has 1 N–H and O–H groups in total. The van der Waals surface area contributed by atoms with E-state index in [1.165, 1.54) is 63.4 Å². The average Bonchev–Trinajstić information content (AvgIpc) is 2.93. The Morgan fingerprint density at radius 2 is 1.80 bits per heavy atom. The minimum absolute atomic E-state index is 0.492. The molecule has 0 bridgehead atoms. The topological polar surface area (TPSA) is 12.0 Å². The number of hydrogen-bond donors (Lipinski definition) is 1. The van der Waals surface area contributed by atoms with Gasteiger partial charge in [0, 0.05) is 6.04 Å². The second-order valence-electron chi connectivity index (χ2n) is 7.22. The summed E-state index contributed by atoms with van der Waals surface area (Å²) >= 11 is 0. The van der Waals surface area contributed by atoms with Crippen LogP contribution >= 0.6 is 0 Å². The fourth-order valence-electron chi connectivity index (χ4n) is 4.39. The van der Waals surface area contributed by atoms with Gasteiger partial charge in [0.05, 0.1) is 0 Å². The third-order valence-corrected chi connectivity index (χ3v) is 5.79. The second kappa shape index (κ2) is 5.89. The van der Waals surface area contributed by atoms with Crippen molar-refractivity contribution in [3.05, 3.63) is 34.9 Å². The number of rotatable bonds is 4. The Kier molecular flexibility index (Phi) is 4.16. The van der Waals surface area contributed by atoms with Crippen LogP contribution in [0.1, 0.15) is 62.1 Å². The predicted octanol–water partition coefficient (Wildman–Crippen LogP) is 4.28. The summed E-state index contributed by atoms with van der Waals surface area (Å²) in [6.45, 7) is 2.50. The number of hydrogen-bond acceptors (Lipinski definition) is 1. The molecule has 1 atom stereocenters. The summed E-state index contributed by atoms with van der Waals surface area (Å²) in [6, 6.07) is 7.87. The lowest BCUT2D eigenvalue weighted by Gasteiger charge is -2.41. The molecule has 0 aromatic heterocycles. The molecule has 1 aromatic rings. The van der Waals surface area contributed by atoms with Crippen LogP contribution in [0.3, 0.4) is 0 Å². The van der Waals surface area contributed by atoms with Gasteiger partial charge in [-0.25, -0.2) is 0 Å². The highest BCUT2D eigenvalue weighted by Crippen LogP contribution is 2.40. The molecule has 1 heteroatoms. The maximum Gasteiger partial charge on any atom is 0.0158 e. The summed E-state index contributed by atoms with van der Waals surface area (Å²) in [4.78, 5) is 0. The van der Waals surface area contributed by atoms with Gasteiger partial charge >= 0.3 is 0 Å². The Balaban J connectivity index is 1.74. The van der Waals surface area contributed by atoms with Gasteiger partial charge in [-0.2, -0.15) is 0 Å². The molecule has 0 spiro atoms. The minimum Gasteiger partial charge on any atom is -0.316 e. The van der Waals surface area contributed by atoms with E-state index < -0.39 is 0 Å². The van der Waals surface area contributed by atoms with Gasteiger partial charge in [0.25, 0.3) is 0 Å². The van der Waals surface area contributed by atoms with E-state index in [-0.39, 0.29) is 0 Å². The van der Waals surface area contributed by atoms with Gasteiger partial charge in [-0.15, -0.1) is 0 Å². The van der Waals surface area contributed by atoms with Gasteiger partial charge < -0.3 is 5.32 Å². The van der Waals surface area contributed by atoms with E-state index in [9.17, 15) is 0 Å². The van der Waals surface area contributed by atoms with Crippen LogP contribution in [0.4, 0.5) is 0 Å². The summed E-state index contributed by atoms with van der Waals surface area (Å²) < 4.78 is 0. The van der Waals surface area contributed by atoms with Crippen LogP contribution in [0, 0.1) is 5.41 Å². The third-order valence-electron chi connectivity index (χ3n) is 5.79. The van der Waals surface area contributed by atoms with Crippen LogP contribution in [0.15, 0.2) is 18.2 Å². The van der Waals surface area contributed by atoms with Crippen molar-refractivity contribution in [2.24, 2.45) is 5.41 Å². The van der Waals surface area contributed by atoms with Gasteiger partial charge in [-0.3, -0.25) is 0 Å². The van der Waals surface area contributed by atoms with E-state index in [0.717, 1.165) is 0 Å². The van der Waals surface area contributed by atoms with Crippen LogP contribution in [0.25, 0.3) is 0 Å². The number of aryl methyl sites for hydroxylation is 2. The molecular weight excluding hydrogens is 242 g/mol. The molecule has 1 unspecified atom stereocenters. The molecule has 2 aliphatic rings. The van der Waals surface area contributed by atoms with Crippen molar-refractivity contribution < 1.29 is 0 Å². The van der Waals surface area contributed by atoms with Gasteiger partial charge in [-0.1, -0.05) is 44.4 Å². The second-order valence-corrected chi connectivity index (χ2v) is 7.22. The van der Waals surface area contributed by atoms with E-state index in [1.807, 2.05) is 0 Å². The SMILES string of the molecule is CNC(Cc1ccc2c(c1)CCC2)C1(C)CCCCC1. The number of benzene rings is 1. The van der Waals surface area contributed by atoms with Crippen molar-refractivity contribution in [3.63, 3.8) is 0 Å². The molecule has 1 saturated carbocycles. The lowest BCUT2D eigenvalue weighted by molar-refractivity contribution is 0.149. The van der Waals surface area contributed by atoms with Crippen molar-refractivity contribution in [2.75, 3.05) is 7.05 Å². The van der Waals surface area contributed by atoms with E-state index in [0.29, 0.717) is 11.5 Å². The van der Waals surface area contributed by atoms with E-state index >= 15 is 0 Å². The molecule has 1 aromatic carbocycles. The summed E-state index contributed by atoms with van der Waals surface area (Å²) in [6.07, 6.45) is 12.2. The molecule has 3 rings (SSSR count). The highest BCUT2D eigenvalue weighted by Gasteiger charge is 2.34. The van der Waals surface area contributed by atoms with Crippen LogP contribution in [-0.2, 0) is 19.3 Å². The van der Waals surface area contributed by atoms with Gasteiger partial charge in [0.15, 0.2) is 0 Å². The first-order valence-electron chi connectivity index (χ1n) is 8.49. The predicted molar refractivity (Wildman–Crippen MR) is 86.2 cm³/mol. The van der Waals surface area contributed by atoms with Crippen LogP contribution in [0.2, 0.25) is 0 Å². The van der Waals surface area contributed by atoms with Gasteiger partial charge in [0.1, 0.15) is 0 Å². The zero-order valence-electron chi connectivity index (χ0n) is 13.2. The molecule has 1 nitrogen and oxygen atoms in total. The average molecular weight is 271 g/mol. The quantitative estimate of drug-likeness (QED) is 0.862. The van der Waals surface area contributed by atoms with E-state index in [2.05, 4.69) is 37.5 Å². The molecule has 0 saturated heterocycles. The highest BCUT2D eigenvalue weighted by molar-refractivity contribution is 5.35. The lowest BCUT2D eigenvalue weighted by Crippen LogP contribution is -2.44. The Morgan fingerprint density at radius 1 is 1.05 bits per heavy atom. The molecular formula is C19H29N. The first-order chi connectivity index (χ1) is 9.71. The van der Waals surface area contributed by atoms with Crippen LogP contribution in [-0.4, -0.2) is 13.1 Å². The normalized spacial score (nSPS) is 22.5. The largest absolute Gasteiger partial charge is 0.316 e. The smallest absolute Gasteiger partial charge is 0.0158 e. The summed E-state index contributed by atoms with van der Waals surface area (Å²) in [5.41, 5.74) is 5.24. The Morgan fingerprint density at radius 3 is 2.55 bits per heavy atom. The van der Waals surface area contributed by atoms with Crippen LogP contribution < -0.4 is 5.32 Å². The maximum atomic E-state index is 3.63. The lowest BCUT2D eigenvalue weighted by atomic mass is 9.69. The van der Waals surface area contributed by atoms with Crippen molar-refractivity contribution >= 4 is 0 Å². The Hall–Kier alpha value is -0.820. The summed E-state index contributed by atoms with van der Waals surface area (Å²) in [7, 11) is 2.15. The van der Waals surface area contributed by atoms with Crippen molar-refractivity contribution in [2.45, 2.75) is 70.8 Å². The monoisotopic (exact) mass is 271 g/mol. The molecule has 20 heavy (non-hydrogen) atoms. The molecule has 0 heterocycles. The standard InChI is InChI=1S/C19H29N/c1-19(11-4-3-5-12-19)18(20-2)14-15-9-10-16-7-6-8-17(16)13-15/h9-10,13,18,20H,3-8,11-12,14H2,1-2H3. The van der Waals surface area contributed by atoms with Crippen LogP contribution in [0.5, 0.6) is 0 Å².